The number of rotatable bonds is 10. The van der Waals surface area contributed by atoms with Crippen LogP contribution in [0.3, 0.4) is 0 Å². The summed E-state index contributed by atoms with van der Waals surface area (Å²) in [7, 11) is 3.10. The van der Waals surface area contributed by atoms with Gasteiger partial charge in [-0.15, -0.1) is 0 Å². The quantitative estimate of drug-likeness (QED) is 0.143. The fraction of sp³-hybridized carbons (Fsp3) is 0.510. The molecule has 0 bridgehead atoms. The van der Waals surface area contributed by atoms with Gasteiger partial charge in [0.2, 0.25) is 11.8 Å². The topological polar surface area (TPSA) is 211 Å². The van der Waals surface area contributed by atoms with E-state index in [1.807, 2.05) is 49.6 Å². The molecule has 0 unspecified atom stereocenters. The van der Waals surface area contributed by atoms with E-state index in [4.69, 9.17) is 14.2 Å². The number of nitrogens with zero attached hydrogens (tertiary/aromatic N) is 5. The maximum Gasteiger partial charge on any atom is 0.279 e. The summed E-state index contributed by atoms with van der Waals surface area (Å²) >= 11 is 0. The fourth-order valence-corrected chi connectivity index (χ4v) is 11.8. The highest BCUT2D eigenvalue weighted by molar-refractivity contribution is 6.03. The van der Waals surface area contributed by atoms with Gasteiger partial charge >= 0.3 is 0 Å². The minimum atomic E-state index is -2.56. The van der Waals surface area contributed by atoms with E-state index in [1.165, 1.54) is 19.6 Å². The molecule has 4 fully saturated rings. The van der Waals surface area contributed by atoms with Crippen molar-refractivity contribution in [3.63, 3.8) is 0 Å². The zero-order valence-electron chi connectivity index (χ0n) is 38.3. The van der Waals surface area contributed by atoms with Gasteiger partial charge in [0.25, 0.3) is 23.3 Å². The Morgan fingerprint density at radius 1 is 0.848 bits per heavy atom. The zero-order chi connectivity index (χ0) is 46.9. The number of aromatic nitrogens is 2. The molecule has 0 spiro atoms. The second kappa shape index (κ2) is 15.4. The van der Waals surface area contributed by atoms with Crippen molar-refractivity contribution < 1.29 is 53.8 Å². The van der Waals surface area contributed by atoms with Gasteiger partial charge in [0.05, 0.1) is 49.7 Å². The molecule has 0 aliphatic carbocycles. The standard InChI is InChI=1S/C49H58N6O11/c1-25(2)20-35-40-38(41(56)48(62)45(59)52-17-8-10-32(52)43(57)54(35)48)30-15-13-28(65-7)22-34(30)51(40)19-16-26(3)24-66-42-37-29-14-12-27(64-6)21-31(29)50-39(37)36(23-47(4,5)61)55-44(58)33-11-9-18-53(33)46(60)49(42,55)63/h12-16,20-22,32-33,35-36,41-42,50,56,61-63H,8-11,17-19,23-24H2,1-7H3/b26-16+/t32-,33-,35-,36-,41-,42-,48+,49-/m0/s1. The molecule has 17 nitrogen and oxygen atoms in total. The molecule has 350 valence electrons. The molecule has 4 aromatic rings. The Balaban J connectivity index is 1.08. The van der Waals surface area contributed by atoms with Crippen LogP contribution in [-0.2, 0) is 30.5 Å². The first-order valence-electron chi connectivity index (χ1n) is 22.8. The van der Waals surface area contributed by atoms with Crippen LogP contribution in [0.4, 0.5) is 0 Å². The van der Waals surface area contributed by atoms with Crippen molar-refractivity contribution in [2.45, 2.75) is 127 Å². The number of methoxy groups -OCH3 is 2. The van der Waals surface area contributed by atoms with Gasteiger partial charge in [-0.3, -0.25) is 29.0 Å². The normalized spacial score (nSPS) is 29.5. The first-order chi connectivity index (χ1) is 31.3. The molecule has 17 heteroatoms. The van der Waals surface area contributed by atoms with Crippen LogP contribution in [0.2, 0.25) is 0 Å². The molecule has 6 aliphatic rings. The van der Waals surface area contributed by atoms with E-state index in [0.29, 0.717) is 100 Å². The van der Waals surface area contributed by atoms with Gasteiger partial charge in [-0.05, 0) is 84.6 Å². The lowest BCUT2D eigenvalue weighted by molar-refractivity contribution is -0.241. The molecule has 2 aromatic heterocycles. The van der Waals surface area contributed by atoms with E-state index in [-0.39, 0.29) is 19.6 Å². The molecule has 8 heterocycles. The van der Waals surface area contributed by atoms with Crippen LogP contribution in [0.25, 0.3) is 21.8 Å². The van der Waals surface area contributed by atoms with Gasteiger partial charge in [-0.1, -0.05) is 23.3 Å². The molecule has 10 rings (SSSR count). The summed E-state index contributed by atoms with van der Waals surface area (Å²) < 4.78 is 19.9. The average molecular weight is 907 g/mol. The smallest absolute Gasteiger partial charge is 0.279 e. The van der Waals surface area contributed by atoms with Gasteiger partial charge in [0.15, 0.2) is 0 Å². The third-order valence-electron chi connectivity index (χ3n) is 14.6. The predicted octanol–water partition coefficient (Wildman–Crippen LogP) is 4.16. The van der Waals surface area contributed by atoms with Gasteiger partial charge < -0.3 is 54.0 Å². The number of benzene rings is 2. The maximum absolute atomic E-state index is 14.8. The van der Waals surface area contributed by atoms with Crippen LogP contribution in [0.1, 0.15) is 114 Å². The summed E-state index contributed by atoms with van der Waals surface area (Å²) in [5.74, 6) is -1.11. The monoisotopic (exact) mass is 906 g/mol. The van der Waals surface area contributed by atoms with Crippen molar-refractivity contribution in [3.05, 3.63) is 82.2 Å². The Labute approximate surface area is 381 Å². The maximum atomic E-state index is 14.8. The van der Waals surface area contributed by atoms with Crippen molar-refractivity contribution in [3.8, 4) is 11.5 Å². The molecule has 0 saturated carbocycles. The number of aromatic amines is 1. The number of H-pyrrole nitrogens is 1. The fourth-order valence-electron chi connectivity index (χ4n) is 11.8. The molecule has 4 saturated heterocycles. The lowest BCUT2D eigenvalue weighted by Gasteiger charge is -2.56. The molecule has 66 heavy (non-hydrogen) atoms. The molecule has 4 amide bonds. The van der Waals surface area contributed by atoms with Crippen molar-refractivity contribution >= 4 is 45.4 Å². The summed E-state index contributed by atoms with van der Waals surface area (Å²) in [6.07, 6.45) is 2.69. The van der Waals surface area contributed by atoms with Crippen LogP contribution in [0, 0.1) is 0 Å². The molecule has 5 N–H and O–H groups in total. The largest absolute Gasteiger partial charge is 0.497 e. The van der Waals surface area contributed by atoms with Gasteiger partial charge in [0.1, 0.15) is 35.8 Å². The second-order valence-electron chi connectivity index (χ2n) is 19.7. The molecule has 6 aliphatic heterocycles. The van der Waals surface area contributed by atoms with Crippen molar-refractivity contribution in [1.29, 1.82) is 0 Å². The third kappa shape index (κ3) is 6.22. The summed E-state index contributed by atoms with van der Waals surface area (Å²) in [6, 6.07) is 7.38. The lowest BCUT2D eigenvalue weighted by atomic mass is 9.79. The lowest BCUT2D eigenvalue weighted by Crippen LogP contribution is -2.74. The first kappa shape index (κ1) is 44.1. The molecule has 2 aromatic carbocycles. The highest BCUT2D eigenvalue weighted by Gasteiger charge is 2.68. The summed E-state index contributed by atoms with van der Waals surface area (Å²) in [4.78, 5) is 66.8. The van der Waals surface area contributed by atoms with E-state index in [1.54, 1.807) is 52.3 Å². The van der Waals surface area contributed by atoms with Crippen LogP contribution < -0.4 is 9.47 Å². The molecular weight excluding hydrogens is 849 g/mol. The summed E-state index contributed by atoms with van der Waals surface area (Å²) in [6.45, 7) is 9.51. The van der Waals surface area contributed by atoms with E-state index in [9.17, 15) is 39.6 Å². The number of aliphatic hydroxyl groups is 4. The number of hydrogen-bond donors (Lipinski definition) is 5. The van der Waals surface area contributed by atoms with Gasteiger partial charge in [0, 0.05) is 71.3 Å². The Morgan fingerprint density at radius 3 is 2.08 bits per heavy atom. The number of amides is 4. The first-order valence-corrected chi connectivity index (χ1v) is 22.8. The number of carbonyl (C=O) groups excluding carboxylic acids is 4. The van der Waals surface area contributed by atoms with Gasteiger partial charge in [-0.25, -0.2) is 0 Å². The van der Waals surface area contributed by atoms with E-state index in [2.05, 4.69) is 4.98 Å². The predicted molar refractivity (Wildman–Crippen MR) is 240 cm³/mol. The highest BCUT2D eigenvalue weighted by Crippen LogP contribution is 2.56. The Morgan fingerprint density at radius 2 is 1.45 bits per heavy atom. The zero-order valence-corrected chi connectivity index (χ0v) is 38.3. The van der Waals surface area contributed by atoms with E-state index >= 15 is 0 Å². The summed E-state index contributed by atoms with van der Waals surface area (Å²) in [5.41, 5.74) is -1.69. The average Bonchev–Trinajstić information content (AvgIpc) is 4.09. The highest BCUT2D eigenvalue weighted by atomic mass is 16.5. The minimum absolute atomic E-state index is 0.0134. The van der Waals surface area contributed by atoms with Crippen LogP contribution in [0.15, 0.2) is 59.7 Å². The number of nitrogens with one attached hydrogen (secondary N) is 1. The Kier molecular flexibility index (Phi) is 10.3. The minimum Gasteiger partial charge on any atom is -0.497 e. The van der Waals surface area contributed by atoms with Crippen molar-refractivity contribution in [1.82, 2.24) is 29.2 Å². The third-order valence-corrected chi connectivity index (χ3v) is 14.6. The number of ether oxygens (including phenoxy) is 3. The molecular formula is C49H58N6O11. The number of piperazine rings is 2. The second-order valence-corrected chi connectivity index (χ2v) is 19.7. The van der Waals surface area contributed by atoms with Gasteiger partial charge in [-0.2, -0.15) is 0 Å². The Bertz CT molecular complexity index is 2780. The van der Waals surface area contributed by atoms with Crippen molar-refractivity contribution in [2.24, 2.45) is 0 Å². The molecule has 0 radical (unpaired) electrons. The number of hydrogen-bond acceptors (Lipinski definition) is 11. The van der Waals surface area contributed by atoms with E-state index in [0.717, 1.165) is 5.57 Å². The van der Waals surface area contributed by atoms with Crippen LogP contribution >= 0.6 is 0 Å². The number of allylic oxidation sites excluding steroid dienone is 2. The number of carbonyl (C=O) groups is 4. The number of fused-ring (bicyclic) bond motifs is 10. The SMILES string of the molecule is COc1ccc2c3c([nH]c2c1)[C@H](CC(C)(C)O)N1C(=O)[C@@H]2CCCN2C(=O)[C@@]1(O)[C@H]3OC/C(C)=C/Cn1c2c(c3ccc(OC)cc31)[C@H](O)[C@@]1(O)C(=O)N3CCC[C@H]3C(=O)N1[C@H]2C=C(C)C. The van der Waals surface area contributed by atoms with E-state index < -0.39 is 77.1 Å². The summed E-state index contributed by atoms with van der Waals surface area (Å²) in [5, 5.41) is 50.3. The Hall–Kier alpha value is -5.72. The van der Waals surface area contributed by atoms with Crippen molar-refractivity contribution in [2.75, 3.05) is 33.9 Å². The van der Waals surface area contributed by atoms with Crippen LogP contribution in [0.5, 0.6) is 11.5 Å². The number of aliphatic hydroxyl groups excluding tert-OH is 1. The molecule has 8 atom stereocenters. The van der Waals surface area contributed by atoms with Crippen LogP contribution in [-0.4, -0.2) is 136 Å².